The number of likely N-dealkylation sites (tertiary alicyclic amines) is 2. The predicted molar refractivity (Wildman–Crippen MR) is 212 cm³/mol. The maximum absolute atomic E-state index is 13.2. The van der Waals surface area contributed by atoms with E-state index < -0.39 is 24.3 Å². The second-order valence-corrected chi connectivity index (χ2v) is 14.2. The van der Waals surface area contributed by atoms with E-state index in [9.17, 15) is 19.2 Å². The molecule has 0 saturated carbocycles. The van der Waals surface area contributed by atoms with Crippen LogP contribution in [0.5, 0.6) is 11.5 Å². The van der Waals surface area contributed by atoms with Gasteiger partial charge in [0, 0.05) is 34.5 Å². The first kappa shape index (κ1) is 38.4. The van der Waals surface area contributed by atoms with Crippen molar-refractivity contribution in [1.29, 1.82) is 0 Å². The summed E-state index contributed by atoms with van der Waals surface area (Å²) in [7, 11) is 0. The van der Waals surface area contributed by atoms with Gasteiger partial charge in [-0.2, -0.15) is 0 Å². The fourth-order valence-corrected chi connectivity index (χ4v) is 7.02. The largest absolute Gasteiger partial charge is 0.481 e. The van der Waals surface area contributed by atoms with Crippen molar-refractivity contribution in [1.82, 2.24) is 9.80 Å². The maximum Gasteiger partial charge on any atom is 0.264 e. The summed E-state index contributed by atoms with van der Waals surface area (Å²) in [6.45, 7) is 4.32. The minimum Gasteiger partial charge on any atom is -0.481 e. The highest BCUT2D eigenvalue weighted by Gasteiger charge is 2.38. The molecule has 10 nitrogen and oxygen atoms in total. The fraction of sp³-hybridized carbons (Fsp3) is 0.286. The van der Waals surface area contributed by atoms with Gasteiger partial charge in [0.1, 0.15) is 23.6 Å². The molecule has 2 aliphatic heterocycles. The highest BCUT2D eigenvalue weighted by atomic mass is 35.5. The van der Waals surface area contributed by atoms with Crippen molar-refractivity contribution in [3.8, 4) is 11.5 Å². The van der Waals surface area contributed by atoms with Crippen molar-refractivity contribution in [2.24, 2.45) is 0 Å². The van der Waals surface area contributed by atoms with Crippen molar-refractivity contribution in [3.63, 3.8) is 0 Å². The van der Waals surface area contributed by atoms with Crippen molar-refractivity contribution in [3.05, 3.63) is 118 Å². The van der Waals surface area contributed by atoms with Crippen LogP contribution < -0.4 is 20.1 Å². The number of hydrogen-bond acceptors (Lipinski definition) is 6. The zero-order valence-corrected chi connectivity index (χ0v) is 31.6. The summed E-state index contributed by atoms with van der Waals surface area (Å²) in [5.41, 5.74) is 3.11. The van der Waals surface area contributed by atoms with Gasteiger partial charge in [0.05, 0.1) is 0 Å². The highest BCUT2D eigenvalue weighted by Crippen LogP contribution is 2.26. The lowest BCUT2D eigenvalue weighted by molar-refractivity contribution is -0.142. The van der Waals surface area contributed by atoms with Gasteiger partial charge in [-0.25, -0.2) is 0 Å². The number of benzene rings is 4. The van der Waals surface area contributed by atoms with Gasteiger partial charge in [-0.3, -0.25) is 19.2 Å². The number of carbonyl (C=O) groups excluding carboxylic acids is 4. The minimum absolute atomic E-state index is 0.240. The van der Waals surface area contributed by atoms with Crippen LogP contribution in [0.15, 0.2) is 97.1 Å². The molecular weight excluding hydrogens is 727 g/mol. The zero-order chi connectivity index (χ0) is 38.2. The van der Waals surface area contributed by atoms with Crippen molar-refractivity contribution in [2.45, 2.75) is 63.8 Å². The molecule has 0 aliphatic carbocycles. The number of anilines is 2. The standard InChI is InChI=1S/C42H42Cl2N4O6/c1-27(53-35-9-3-7-31(43)25-35)41(51)47-23-5-11-37(47)39(49)45-33-19-15-29(16-20-33)13-14-30-17-21-34(22-18-30)46-40(50)38-12-6-24-48(38)42(52)28(2)54-36-10-4-8-32(44)26-36/h3-4,7-10,13-22,25-28,37-38H,5-6,11-12,23-24H2,1-2H3,(H,45,49)(H,46,50)/t27?,28?,37-,38-/m0/s1. The van der Waals surface area contributed by atoms with Crippen LogP contribution in [0.1, 0.15) is 50.7 Å². The number of rotatable bonds is 12. The van der Waals surface area contributed by atoms with Gasteiger partial charge in [0.25, 0.3) is 11.8 Å². The van der Waals surface area contributed by atoms with E-state index in [2.05, 4.69) is 10.6 Å². The smallest absolute Gasteiger partial charge is 0.264 e. The lowest BCUT2D eigenvalue weighted by atomic mass is 10.1. The van der Waals surface area contributed by atoms with Gasteiger partial charge >= 0.3 is 0 Å². The van der Waals surface area contributed by atoms with E-state index in [4.69, 9.17) is 32.7 Å². The third-order valence-electron chi connectivity index (χ3n) is 9.42. The molecule has 4 amide bonds. The summed E-state index contributed by atoms with van der Waals surface area (Å²) >= 11 is 12.1. The van der Waals surface area contributed by atoms with E-state index in [1.807, 2.05) is 60.7 Å². The van der Waals surface area contributed by atoms with E-state index in [1.54, 1.807) is 72.2 Å². The lowest BCUT2D eigenvalue weighted by Crippen LogP contribution is -2.47. The Hall–Kier alpha value is -5.32. The summed E-state index contributed by atoms with van der Waals surface area (Å²) in [5.74, 6) is 0.0128. The molecule has 54 heavy (non-hydrogen) atoms. The molecule has 2 fully saturated rings. The summed E-state index contributed by atoms with van der Waals surface area (Å²) < 4.78 is 11.6. The molecule has 2 saturated heterocycles. The lowest BCUT2D eigenvalue weighted by Gasteiger charge is -2.27. The molecule has 0 bridgehead atoms. The third-order valence-corrected chi connectivity index (χ3v) is 9.89. The van der Waals surface area contributed by atoms with Crippen LogP contribution in [0.4, 0.5) is 11.4 Å². The van der Waals surface area contributed by atoms with Crippen molar-refractivity contribution >= 4 is 70.4 Å². The Balaban J connectivity index is 0.979. The second-order valence-electron chi connectivity index (χ2n) is 13.4. The Morgan fingerprint density at radius 1 is 0.630 bits per heavy atom. The number of amides is 4. The normalized spacial score (nSPS) is 17.9. The number of halogens is 2. The molecule has 2 aliphatic rings. The second kappa shape index (κ2) is 17.7. The van der Waals surface area contributed by atoms with Crippen LogP contribution in [0.2, 0.25) is 10.0 Å². The molecule has 4 atom stereocenters. The minimum atomic E-state index is -0.769. The molecule has 0 aromatic heterocycles. The summed E-state index contributed by atoms with van der Waals surface area (Å²) in [5, 5.41) is 6.93. The maximum atomic E-state index is 13.2. The van der Waals surface area contributed by atoms with Crippen molar-refractivity contribution < 1.29 is 28.7 Å². The van der Waals surface area contributed by atoms with Crippen LogP contribution >= 0.6 is 23.2 Å². The van der Waals surface area contributed by atoms with Gasteiger partial charge in [-0.05, 0) is 111 Å². The van der Waals surface area contributed by atoms with Crippen LogP contribution in [0.3, 0.4) is 0 Å². The van der Waals surface area contributed by atoms with Gasteiger partial charge < -0.3 is 29.9 Å². The van der Waals surface area contributed by atoms with Crippen LogP contribution in [0, 0.1) is 0 Å². The molecule has 0 spiro atoms. The monoisotopic (exact) mass is 768 g/mol. The average molecular weight is 770 g/mol. The van der Waals surface area contributed by atoms with E-state index >= 15 is 0 Å². The summed E-state index contributed by atoms with van der Waals surface area (Å²) in [6, 6.07) is 27.4. The Labute approximate surface area is 325 Å². The number of ether oxygens (including phenoxy) is 2. The van der Waals surface area contributed by atoms with E-state index in [0.29, 0.717) is 58.9 Å². The Kier molecular flexibility index (Phi) is 12.6. The molecular formula is C42H42Cl2N4O6. The van der Waals surface area contributed by atoms with Crippen LogP contribution in [-0.2, 0) is 19.2 Å². The SMILES string of the molecule is CC(Oc1cccc(Cl)c1)C(=O)N1CCC[C@H]1C(=O)Nc1ccc(C=Cc2ccc(NC(=O)[C@@H]3CCCN3C(=O)C(C)Oc3cccc(Cl)c3)cc2)cc1. The number of nitrogens with one attached hydrogen (secondary N) is 2. The molecule has 2 unspecified atom stereocenters. The quantitative estimate of drug-likeness (QED) is 0.141. The van der Waals surface area contributed by atoms with E-state index in [0.717, 1.165) is 24.0 Å². The Morgan fingerprint density at radius 2 is 1.02 bits per heavy atom. The first-order valence-electron chi connectivity index (χ1n) is 18.0. The van der Waals surface area contributed by atoms with Crippen molar-refractivity contribution in [2.75, 3.05) is 23.7 Å². The number of carbonyl (C=O) groups is 4. The first-order chi connectivity index (χ1) is 26.0. The van der Waals surface area contributed by atoms with Crippen LogP contribution in [-0.4, -0.2) is 70.8 Å². The molecule has 0 radical (unpaired) electrons. The van der Waals surface area contributed by atoms with Crippen LogP contribution in [0.25, 0.3) is 12.2 Å². The summed E-state index contributed by atoms with van der Waals surface area (Å²) in [4.78, 5) is 56.1. The van der Waals surface area contributed by atoms with Gasteiger partial charge in [0.15, 0.2) is 12.2 Å². The molecule has 4 aromatic rings. The number of nitrogens with zero attached hydrogens (tertiary/aromatic N) is 2. The molecule has 4 aromatic carbocycles. The van der Waals surface area contributed by atoms with E-state index in [-0.39, 0.29) is 23.6 Å². The highest BCUT2D eigenvalue weighted by molar-refractivity contribution is 6.31. The Bertz CT molecular complexity index is 1860. The van der Waals surface area contributed by atoms with Gasteiger partial charge in [-0.1, -0.05) is 71.8 Å². The molecule has 6 rings (SSSR count). The predicted octanol–water partition coefficient (Wildman–Crippen LogP) is 7.96. The number of hydrogen-bond donors (Lipinski definition) is 2. The average Bonchev–Trinajstić information content (AvgIpc) is 3.86. The zero-order valence-electron chi connectivity index (χ0n) is 30.0. The molecule has 2 N–H and O–H groups in total. The first-order valence-corrected chi connectivity index (χ1v) is 18.7. The molecule has 2 heterocycles. The summed E-state index contributed by atoms with van der Waals surface area (Å²) in [6.07, 6.45) is 4.97. The molecule has 12 heteroatoms. The van der Waals surface area contributed by atoms with E-state index in [1.165, 1.54) is 0 Å². The van der Waals surface area contributed by atoms with Gasteiger partial charge in [0.2, 0.25) is 11.8 Å². The topological polar surface area (TPSA) is 117 Å². The third kappa shape index (κ3) is 9.80. The molecule has 280 valence electrons. The fourth-order valence-electron chi connectivity index (χ4n) is 6.66. The van der Waals surface area contributed by atoms with Gasteiger partial charge in [-0.15, -0.1) is 0 Å². The Morgan fingerprint density at radius 3 is 1.39 bits per heavy atom.